The summed E-state index contributed by atoms with van der Waals surface area (Å²) in [6.07, 6.45) is 4.95. The van der Waals surface area contributed by atoms with Crippen LogP contribution in [0.1, 0.15) is 34.3 Å². The van der Waals surface area contributed by atoms with Crippen molar-refractivity contribution in [3.63, 3.8) is 0 Å². The van der Waals surface area contributed by atoms with Crippen LogP contribution in [0.25, 0.3) is 0 Å². The average Bonchev–Trinajstić information content (AvgIpc) is 3.10. The summed E-state index contributed by atoms with van der Waals surface area (Å²) in [7, 11) is 0. The van der Waals surface area contributed by atoms with E-state index in [0.717, 1.165) is 16.8 Å². The van der Waals surface area contributed by atoms with Crippen LogP contribution in [0.3, 0.4) is 0 Å². The highest BCUT2D eigenvalue weighted by Crippen LogP contribution is 2.49. The summed E-state index contributed by atoms with van der Waals surface area (Å²) in [6, 6.07) is 14.9. The molecule has 33 heavy (non-hydrogen) atoms. The van der Waals surface area contributed by atoms with Crippen LogP contribution in [0.2, 0.25) is 10.0 Å². The van der Waals surface area contributed by atoms with E-state index in [-0.39, 0.29) is 17.7 Å². The number of halogens is 2. The number of hydrogen-bond donors (Lipinski definition) is 1. The fourth-order valence-electron chi connectivity index (χ4n) is 5.23. The maximum absolute atomic E-state index is 13.6. The molecule has 1 N–H and O–H groups in total. The van der Waals surface area contributed by atoms with Gasteiger partial charge in [-0.1, -0.05) is 41.4 Å². The first-order chi connectivity index (χ1) is 16.0. The normalized spacial score (nSPS) is 20.4. The zero-order valence-electron chi connectivity index (χ0n) is 17.8. The van der Waals surface area contributed by atoms with Crippen LogP contribution < -0.4 is 5.32 Å². The molecule has 3 aromatic rings. The predicted molar refractivity (Wildman–Crippen MR) is 128 cm³/mol. The van der Waals surface area contributed by atoms with Gasteiger partial charge in [0.25, 0.3) is 5.91 Å². The maximum atomic E-state index is 13.6. The number of nitrogens with one attached hydrogen (secondary N) is 1. The minimum absolute atomic E-state index is 0.0251. The van der Waals surface area contributed by atoms with Crippen LogP contribution in [0.5, 0.6) is 0 Å². The van der Waals surface area contributed by atoms with Crippen molar-refractivity contribution < 1.29 is 9.59 Å². The first-order valence-electron chi connectivity index (χ1n) is 10.9. The molecule has 2 amide bonds. The van der Waals surface area contributed by atoms with Crippen LogP contribution in [-0.4, -0.2) is 40.0 Å². The van der Waals surface area contributed by atoms with Gasteiger partial charge < -0.3 is 10.2 Å². The molecular weight excluding hydrogens is 459 g/mol. The number of benzene rings is 2. The molecule has 3 heterocycles. The fourth-order valence-corrected chi connectivity index (χ4v) is 5.62. The van der Waals surface area contributed by atoms with E-state index in [1.165, 1.54) is 12.4 Å². The number of nitrogens with zero attached hydrogens (tertiary/aromatic N) is 3. The Balaban J connectivity index is 1.47. The Labute approximate surface area is 201 Å². The van der Waals surface area contributed by atoms with E-state index in [9.17, 15) is 9.59 Å². The van der Waals surface area contributed by atoms with Crippen molar-refractivity contribution in [3.8, 4) is 0 Å². The van der Waals surface area contributed by atoms with Crippen molar-refractivity contribution in [1.82, 2.24) is 15.1 Å². The SMILES string of the molecule is O=C(c1ccnnc1)N1CCC(C2(Cc3cccc(Cl)c3)C(=O)Nc3cc(Cl)ccc32)CC1. The van der Waals surface area contributed by atoms with Gasteiger partial charge in [-0.25, -0.2) is 0 Å². The number of anilines is 1. The highest BCUT2D eigenvalue weighted by atomic mass is 35.5. The van der Waals surface area contributed by atoms with Gasteiger partial charge in [0, 0.05) is 28.8 Å². The van der Waals surface area contributed by atoms with Crippen molar-refractivity contribution in [1.29, 1.82) is 0 Å². The number of aromatic nitrogens is 2. The molecule has 0 bridgehead atoms. The molecule has 2 aliphatic rings. The largest absolute Gasteiger partial charge is 0.339 e. The summed E-state index contributed by atoms with van der Waals surface area (Å²) in [5.41, 5.74) is 2.49. The lowest BCUT2D eigenvalue weighted by Gasteiger charge is -2.41. The number of amides is 2. The first-order valence-corrected chi connectivity index (χ1v) is 11.6. The van der Waals surface area contributed by atoms with Crippen LogP contribution in [0.4, 0.5) is 5.69 Å². The standard InChI is InChI=1S/C25H22Cl2N4O2/c26-19-3-1-2-16(12-19)14-25(21-5-4-20(27)13-22(21)30-24(25)33)18-7-10-31(11-8-18)23(32)17-6-9-28-29-15-17/h1-6,9,12-13,15,18H,7-8,10-11,14H2,(H,30,33). The van der Waals surface area contributed by atoms with Crippen LogP contribution in [0, 0.1) is 5.92 Å². The highest BCUT2D eigenvalue weighted by Gasteiger charge is 2.52. The zero-order valence-corrected chi connectivity index (χ0v) is 19.3. The van der Waals surface area contributed by atoms with E-state index >= 15 is 0 Å². The molecule has 2 aliphatic heterocycles. The van der Waals surface area contributed by atoms with Crippen LogP contribution >= 0.6 is 23.2 Å². The van der Waals surface area contributed by atoms with E-state index < -0.39 is 5.41 Å². The van der Waals surface area contributed by atoms with Gasteiger partial charge in [0.1, 0.15) is 0 Å². The van der Waals surface area contributed by atoms with Gasteiger partial charge in [0.15, 0.2) is 0 Å². The molecule has 8 heteroatoms. The van der Waals surface area contributed by atoms with E-state index in [4.69, 9.17) is 23.2 Å². The molecule has 1 saturated heterocycles. The summed E-state index contributed by atoms with van der Waals surface area (Å²) in [4.78, 5) is 28.3. The highest BCUT2D eigenvalue weighted by molar-refractivity contribution is 6.31. The topological polar surface area (TPSA) is 75.2 Å². The van der Waals surface area contributed by atoms with E-state index in [0.29, 0.717) is 48.0 Å². The average molecular weight is 481 g/mol. The van der Waals surface area contributed by atoms with Crippen LogP contribution in [-0.2, 0) is 16.6 Å². The van der Waals surface area contributed by atoms with Crippen LogP contribution in [0.15, 0.2) is 60.9 Å². The maximum Gasteiger partial charge on any atom is 0.255 e. The second-order valence-electron chi connectivity index (χ2n) is 8.62. The number of likely N-dealkylation sites (tertiary alicyclic amines) is 1. The van der Waals surface area contributed by atoms with Crippen molar-refractivity contribution in [2.24, 2.45) is 5.92 Å². The number of rotatable bonds is 4. The number of carbonyl (C=O) groups excluding carboxylic acids is 2. The molecule has 0 radical (unpaired) electrons. The van der Waals surface area contributed by atoms with E-state index in [1.54, 1.807) is 6.07 Å². The summed E-state index contributed by atoms with van der Waals surface area (Å²) < 4.78 is 0. The van der Waals surface area contributed by atoms with Gasteiger partial charge in [0.05, 0.1) is 23.4 Å². The lowest BCUT2D eigenvalue weighted by molar-refractivity contribution is -0.123. The monoisotopic (exact) mass is 480 g/mol. The minimum atomic E-state index is -0.752. The Bertz CT molecular complexity index is 1210. The number of carbonyl (C=O) groups is 2. The molecule has 0 spiro atoms. The Morgan fingerprint density at radius 3 is 2.58 bits per heavy atom. The van der Waals surface area contributed by atoms with Crippen molar-refractivity contribution in [3.05, 3.63) is 87.7 Å². The third kappa shape index (κ3) is 3.98. The molecule has 1 aromatic heterocycles. The second kappa shape index (κ2) is 8.76. The molecule has 5 rings (SSSR count). The molecule has 0 saturated carbocycles. The second-order valence-corrected chi connectivity index (χ2v) is 9.49. The van der Waals surface area contributed by atoms with Crippen molar-refractivity contribution >= 4 is 40.7 Å². The fraction of sp³-hybridized carbons (Fsp3) is 0.280. The lowest BCUT2D eigenvalue weighted by atomic mass is 9.64. The Morgan fingerprint density at radius 1 is 1.06 bits per heavy atom. The summed E-state index contributed by atoms with van der Waals surface area (Å²) in [5, 5.41) is 11.9. The number of fused-ring (bicyclic) bond motifs is 1. The third-order valence-electron chi connectivity index (χ3n) is 6.80. The minimum Gasteiger partial charge on any atom is -0.339 e. The smallest absolute Gasteiger partial charge is 0.255 e. The van der Waals surface area contributed by atoms with Gasteiger partial charge in [-0.3, -0.25) is 9.59 Å². The molecule has 1 unspecified atom stereocenters. The van der Waals surface area contributed by atoms with E-state index in [1.807, 2.05) is 47.4 Å². The third-order valence-corrected chi connectivity index (χ3v) is 7.27. The quantitative estimate of drug-likeness (QED) is 0.583. The predicted octanol–water partition coefficient (Wildman–Crippen LogP) is 4.77. The first kappa shape index (κ1) is 21.9. The Kier molecular flexibility index (Phi) is 5.81. The van der Waals surface area contributed by atoms with Gasteiger partial charge in [0.2, 0.25) is 5.91 Å². The summed E-state index contributed by atoms with van der Waals surface area (Å²) in [6.45, 7) is 1.14. The van der Waals surface area contributed by atoms with E-state index in [2.05, 4.69) is 15.5 Å². The molecular formula is C25H22Cl2N4O2. The molecule has 2 aromatic carbocycles. The number of piperidine rings is 1. The van der Waals surface area contributed by atoms with Crippen molar-refractivity contribution in [2.45, 2.75) is 24.7 Å². The Hall–Kier alpha value is -2.96. The van der Waals surface area contributed by atoms with Gasteiger partial charge in [-0.2, -0.15) is 10.2 Å². The molecule has 6 nitrogen and oxygen atoms in total. The van der Waals surface area contributed by atoms with Crippen molar-refractivity contribution in [2.75, 3.05) is 18.4 Å². The molecule has 1 atom stereocenters. The van der Waals surface area contributed by atoms with Gasteiger partial charge in [-0.15, -0.1) is 0 Å². The lowest BCUT2D eigenvalue weighted by Crippen LogP contribution is -2.49. The number of hydrogen-bond acceptors (Lipinski definition) is 4. The summed E-state index contributed by atoms with van der Waals surface area (Å²) in [5.74, 6) is -0.0309. The molecule has 0 aliphatic carbocycles. The Morgan fingerprint density at radius 2 is 1.85 bits per heavy atom. The van der Waals surface area contributed by atoms with Gasteiger partial charge in [-0.05, 0) is 66.6 Å². The summed E-state index contributed by atoms with van der Waals surface area (Å²) >= 11 is 12.5. The zero-order chi connectivity index (χ0) is 23.0. The molecule has 1 fully saturated rings. The molecule has 168 valence electrons. The van der Waals surface area contributed by atoms with Gasteiger partial charge >= 0.3 is 0 Å².